The number of aliphatic hydroxyl groups excluding tert-OH is 1. The molecule has 1 aromatic carbocycles. The molecule has 0 aliphatic rings. The lowest BCUT2D eigenvalue weighted by Gasteiger charge is -2.16. The third-order valence-corrected chi connectivity index (χ3v) is 3.20. The average Bonchev–Trinajstić information content (AvgIpc) is 2.47. The molecule has 1 aromatic heterocycles. The maximum Gasteiger partial charge on any atom is 0.255 e. The fraction of sp³-hybridized carbons (Fsp3) is 0.400. The van der Waals surface area contributed by atoms with Gasteiger partial charge in [-0.1, -0.05) is 18.2 Å². The third kappa shape index (κ3) is 3.07. The molecule has 1 atom stereocenters. The Bertz CT molecular complexity index is 637. The Balaban J connectivity index is 2.44. The summed E-state index contributed by atoms with van der Waals surface area (Å²) < 4.78 is 6.76. The number of ether oxygens (including phenoxy) is 1. The van der Waals surface area contributed by atoms with Gasteiger partial charge in [-0.05, 0) is 24.4 Å². The van der Waals surface area contributed by atoms with E-state index in [2.05, 4.69) is 0 Å². The number of fused-ring (bicyclic) bond motifs is 1. The zero-order valence-electron chi connectivity index (χ0n) is 11.6. The van der Waals surface area contributed by atoms with Crippen LogP contribution in [0.25, 0.3) is 10.9 Å². The Hall–Kier alpha value is -1.69. The first-order chi connectivity index (χ1) is 9.67. The molecule has 5 heteroatoms. The highest BCUT2D eigenvalue weighted by molar-refractivity contribution is 5.79. The van der Waals surface area contributed by atoms with E-state index in [0.717, 1.165) is 10.9 Å². The van der Waals surface area contributed by atoms with Crippen molar-refractivity contribution in [3.63, 3.8) is 0 Å². The minimum atomic E-state index is -0.718. The SMILES string of the molecule is CCOCC(O)Cn1c(=O)c(CN)cc2ccccc21. The average molecular weight is 276 g/mol. The second-order valence-electron chi connectivity index (χ2n) is 4.66. The first-order valence-corrected chi connectivity index (χ1v) is 6.74. The van der Waals surface area contributed by atoms with E-state index in [1.165, 1.54) is 0 Å². The number of nitrogens with zero attached hydrogens (tertiary/aromatic N) is 1. The molecule has 2 aromatic rings. The lowest BCUT2D eigenvalue weighted by atomic mass is 10.1. The van der Waals surface area contributed by atoms with Crippen molar-refractivity contribution in [2.75, 3.05) is 13.2 Å². The summed E-state index contributed by atoms with van der Waals surface area (Å²) in [4.78, 5) is 12.4. The molecule has 0 aliphatic carbocycles. The summed E-state index contributed by atoms with van der Waals surface area (Å²) in [7, 11) is 0. The fourth-order valence-corrected chi connectivity index (χ4v) is 2.23. The summed E-state index contributed by atoms with van der Waals surface area (Å²) >= 11 is 0. The van der Waals surface area contributed by atoms with E-state index >= 15 is 0 Å². The van der Waals surface area contributed by atoms with E-state index in [4.69, 9.17) is 10.5 Å². The second kappa shape index (κ2) is 6.65. The number of nitrogens with two attached hydrogens (primary N) is 1. The first kappa shape index (κ1) is 14.7. The Morgan fingerprint density at radius 3 is 2.85 bits per heavy atom. The number of para-hydroxylation sites is 1. The van der Waals surface area contributed by atoms with Gasteiger partial charge in [0.15, 0.2) is 0 Å². The van der Waals surface area contributed by atoms with Crippen LogP contribution in [0.1, 0.15) is 12.5 Å². The van der Waals surface area contributed by atoms with Crippen LogP contribution in [0.5, 0.6) is 0 Å². The van der Waals surface area contributed by atoms with E-state index in [9.17, 15) is 9.90 Å². The van der Waals surface area contributed by atoms with Crippen LogP contribution in [0.2, 0.25) is 0 Å². The molecule has 108 valence electrons. The molecule has 2 rings (SSSR count). The van der Waals surface area contributed by atoms with Crippen molar-refractivity contribution in [3.05, 3.63) is 46.2 Å². The largest absolute Gasteiger partial charge is 0.389 e. The van der Waals surface area contributed by atoms with Crippen molar-refractivity contribution in [2.24, 2.45) is 5.73 Å². The summed E-state index contributed by atoms with van der Waals surface area (Å²) in [6.07, 6.45) is -0.718. The predicted molar refractivity (Wildman–Crippen MR) is 78.6 cm³/mol. The summed E-state index contributed by atoms with van der Waals surface area (Å²) in [5.41, 5.74) is 6.81. The van der Waals surface area contributed by atoms with Gasteiger partial charge in [-0.2, -0.15) is 0 Å². The van der Waals surface area contributed by atoms with Crippen LogP contribution in [0, 0.1) is 0 Å². The van der Waals surface area contributed by atoms with Gasteiger partial charge < -0.3 is 20.1 Å². The number of aromatic nitrogens is 1. The molecule has 3 N–H and O–H groups in total. The minimum Gasteiger partial charge on any atom is -0.389 e. The van der Waals surface area contributed by atoms with Gasteiger partial charge in [0.2, 0.25) is 0 Å². The van der Waals surface area contributed by atoms with Crippen molar-refractivity contribution < 1.29 is 9.84 Å². The molecular formula is C15H20N2O3. The molecule has 20 heavy (non-hydrogen) atoms. The molecule has 0 amide bonds. The van der Waals surface area contributed by atoms with Gasteiger partial charge in [0, 0.05) is 18.7 Å². The lowest BCUT2D eigenvalue weighted by molar-refractivity contribution is 0.0336. The third-order valence-electron chi connectivity index (χ3n) is 3.20. The smallest absolute Gasteiger partial charge is 0.255 e. The maximum absolute atomic E-state index is 12.4. The number of rotatable bonds is 6. The quantitative estimate of drug-likeness (QED) is 0.820. The van der Waals surface area contributed by atoms with Crippen molar-refractivity contribution in [3.8, 4) is 0 Å². The van der Waals surface area contributed by atoms with Gasteiger partial charge in [-0.15, -0.1) is 0 Å². The number of benzene rings is 1. The molecule has 0 fully saturated rings. The number of hydrogen-bond donors (Lipinski definition) is 2. The van der Waals surface area contributed by atoms with Gasteiger partial charge in [-0.25, -0.2) is 0 Å². The topological polar surface area (TPSA) is 77.5 Å². The molecule has 0 radical (unpaired) electrons. The first-order valence-electron chi connectivity index (χ1n) is 6.74. The molecule has 1 unspecified atom stereocenters. The standard InChI is InChI=1S/C15H20N2O3/c1-2-20-10-13(18)9-17-14-6-4-3-5-11(14)7-12(8-16)15(17)19/h3-7,13,18H,2,8-10,16H2,1H3. The number of pyridine rings is 1. The Kier molecular flexibility index (Phi) is 4.89. The highest BCUT2D eigenvalue weighted by Gasteiger charge is 2.12. The van der Waals surface area contributed by atoms with Crippen LogP contribution in [0.15, 0.2) is 35.1 Å². The van der Waals surface area contributed by atoms with Crippen LogP contribution >= 0.6 is 0 Å². The predicted octanol–water partition coefficient (Wildman–Crippen LogP) is 0.858. The van der Waals surface area contributed by atoms with Crippen molar-refractivity contribution in [1.29, 1.82) is 0 Å². The van der Waals surface area contributed by atoms with E-state index in [1.54, 1.807) is 4.57 Å². The van der Waals surface area contributed by atoms with E-state index < -0.39 is 6.10 Å². The highest BCUT2D eigenvalue weighted by Crippen LogP contribution is 2.13. The van der Waals surface area contributed by atoms with Crippen molar-refractivity contribution in [2.45, 2.75) is 26.1 Å². The van der Waals surface area contributed by atoms with Crippen LogP contribution in [-0.2, 0) is 17.8 Å². The van der Waals surface area contributed by atoms with Gasteiger partial charge in [0.05, 0.1) is 24.8 Å². The normalized spacial score (nSPS) is 12.8. The molecular weight excluding hydrogens is 256 g/mol. The zero-order valence-corrected chi connectivity index (χ0v) is 11.6. The number of hydrogen-bond acceptors (Lipinski definition) is 4. The van der Waals surface area contributed by atoms with Crippen molar-refractivity contribution >= 4 is 10.9 Å². The molecule has 0 aliphatic heterocycles. The summed E-state index contributed by atoms with van der Waals surface area (Å²) in [6, 6.07) is 9.39. The minimum absolute atomic E-state index is 0.151. The fourth-order valence-electron chi connectivity index (χ4n) is 2.23. The van der Waals surface area contributed by atoms with Gasteiger partial charge in [-0.3, -0.25) is 4.79 Å². The van der Waals surface area contributed by atoms with E-state index in [1.807, 2.05) is 37.3 Å². The zero-order chi connectivity index (χ0) is 14.5. The summed E-state index contributed by atoms with van der Waals surface area (Å²) in [5, 5.41) is 10.9. The monoisotopic (exact) mass is 276 g/mol. The van der Waals surface area contributed by atoms with Gasteiger partial charge in [0.25, 0.3) is 5.56 Å². The van der Waals surface area contributed by atoms with E-state index in [0.29, 0.717) is 12.2 Å². The summed E-state index contributed by atoms with van der Waals surface area (Å²) in [5.74, 6) is 0. The molecule has 1 heterocycles. The summed E-state index contributed by atoms with van der Waals surface area (Å²) in [6.45, 7) is 3.00. The number of aliphatic hydroxyl groups is 1. The van der Waals surface area contributed by atoms with Crippen LogP contribution in [-0.4, -0.2) is 29.0 Å². The van der Waals surface area contributed by atoms with Crippen LogP contribution in [0.4, 0.5) is 0 Å². The highest BCUT2D eigenvalue weighted by atomic mass is 16.5. The molecule has 0 bridgehead atoms. The molecule has 0 saturated carbocycles. The molecule has 0 spiro atoms. The van der Waals surface area contributed by atoms with Crippen LogP contribution < -0.4 is 11.3 Å². The van der Waals surface area contributed by atoms with Gasteiger partial charge in [0.1, 0.15) is 0 Å². The Morgan fingerprint density at radius 2 is 2.15 bits per heavy atom. The Morgan fingerprint density at radius 1 is 1.40 bits per heavy atom. The lowest BCUT2D eigenvalue weighted by Crippen LogP contribution is -2.32. The maximum atomic E-state index is 12.4. The molecule has 5 nitrogen and oxygen atoms in total. The Labute approximate surface area is 117 Å². The van der Waals surface area contributed by atoms with Crippen molar-refractivity contribution in [1.82, 2.24) is 4.57 Å². The van der Waals surface area contributed by atoms with Crippen LogP contribution in [0.3, 0.4) is 0 Å². The second-order valence-corrected chi connectivity index (χ2v) is 4.66. The van der Waals surface area contributed by atoms with Gasteiger partial charge >= 0.3 is 0 Å². The molecule has 0 saturated heterocycles. The van der Waals surface area contributed by atoms with E-state index in [-0.39, 0.29) is 25.3 Å².